The van der Waals surface area contributed by atoms with Crippen LogP contribution in [0.1, 0.15) is 56.0 Å². The van der Waals surface area contributed by atoms with E-state index < -0.39 is 0 Å². The summed E-state index contributed by atoms with van der Waals surface area (Å²) in [5.74, 6) is 0.960. The Morgan fingerprint density at radius 3 is 2.27 bits per heavy atom. The minimum absolute atomic E-state index is 0.0971. The lowest BCUT2D eigenvalue weighted by Crippen LogP contribution is -2.13. The van der Waals surface area contributed by atoms with Crippen LogP contribution in [-0.2, 0) is 16.0 Å². The predicted octanol–water partition coefficient (Wildman–Crippen LogP) is 5.01. The maximum absolute atomic E-state index is 12.3. The minimum Gasteiger partial charge on any atom is -0.490 e. The molecule has 1 N–H and O–H groups in total. The monoisotopic (exact) mass is 413 g/mol. The van der Waals surface area contributed by atoms with E-state index in [0.717, 1.165) is 18.4 Å². The second-order valence-corrected chi connectivity index (χ2v) is 6.76. The standard InChI is InChI=1S/C24H31NO5/c1-4-7-16-30-24(27)19-10-12-20(13-11-19)25-23(26)15-9-18-8-14-21(28-5-2)22(17-18)29-6-3/h8,10-14,17H,4-7,9,15-16H2,1-3H3,(H,25,26). The molecular weight excluding hydrogens is 382 g/mol. The average Bonchev–Trinajstić information content (AvgIpc) is 2.75. The van der Waals surface area contributed by atoms with Crippen molar-refractivity contribution in [2.45, 2.75) is 46.5 Å². The molecule has 1 amide bonds. The van der Waals surface area contributed by atoms with E-state index in [0.29, 0.717) is 55.4 Å². The van der Waals surface area contributed by atoms with Gasteiger partial charge in [-0.25, -0.2) is 4.79 Å². The van der Waals surface area contributed by atoms with Crippen molar-refractivity contribution in [3.05, 3.63) is 53.6 Å². The lowest BCUT2D eigenvalue weighted by molar-refractivity contribution is -0.116. The molecule has 0 aromatic heterocycles. The molecule has 0 fully saturated rings. The molecule has 6 heteroatoms. The fraction of sp³-hybridized carbons (Fsp3) is 0.417. The Labute approximate surface area is 178 Å². The van der Waals surface area contributed by atoms with Gasteiger partial charge >= 0.3 is 5.97 Å². The predicted molar refractivity (Wildman–Crippen MR) is 117 cm³/mol. The number of carbonyl (C=O) groups excluding carboxylic acids is 2. The molecule has 0 bridgehead atoms. The van der Waals surface area contributed by atoms with Crippen LogP contribution in [0.15, 0.2) is 42.5 Å². The molecule has 0 spiro atoms. The number of amides is 1. The molecule has 2 rings (SSSR count). The molecule has 6 nitrogen and oxygen atoms in total. The maximum atomic E-state index is 12.3. The van der Waals surface area contributed by atoms with Crippen molar-refractivity contribution in [2.75, 3.05) is 25.1 Å². The molecule has 0 aliphatic carbocycles. The Morgan fingerprint density at radius 2 is 1.60 bits per heavy atom. The lowest BCUT2D eigenvalue weighted by atomic mass is 10.1. The summed E-state index contributed by atoms with van der Waals surface area (Å²) in [4.78, 5) is 24.2. The number of esters is 1. The molecule has 0 heterocycles. The summed E-state index contributed by atoms with van der Waals surface area (Å²) in [6, 6.07) is 12.5. The smallest absolute Gasteiger partial charge is 0.338 e. The number of hydrogen-bond acceptors (Lipinski definition) is 5. The van der Waals surface area contributed by atoms with E-state index >= 15 is 0 Å². The van der Waals surface area contributed by atoms with Gasteiger partial charge in [0.2, 0.25) is 5.91 Å². The molecule has 0 unspecified atom stereocenters. The van der Waals surface area contributed by atoms with Crippen LogP contribution in [0.5, 0.6) is 11.5 Å². The first-order valence-corrected chi connectivity index (χ1v) is 10.5. The van der Waals surface area contributed by atoms with Crippen LogP contribution in [0, 0.1) is 0 Å². The normalized spacial score (nSPS) is 10.4. The number of rotatable bonds is 12. The maximum Gasteiger partial charge on any atom is 0.338 e. The van der Waals surface area contributed by atoms with Crippen molar-refractivity contribution < 1.29 is 23.8 Å². The van der Waals surface area contributed by atoms with Crippen molar-refractivity contribution in [1.82, 2.24) is 0 Å². The summed E-state index contributed by atoms with van der Waals surface area (Å²) in [5, 5.41) is 2.86. The number of anilines is 1. The van der Waals surface area contributed by atoms with Crippen LogP contribution in [0.4, 0.5) is 5.69 Å². The highest BCUT2D eigenvalue weighted by molar-refractivity contribution is 5.93. The van der Waals surface area contributed by atoms with Gasteiger partial charge in [-0.05, 0) is 68.7 Å². The van der Waals surface area contributed by atoms with Crippen molar-refractivity contribution in [3.63, 3.8) is 0 Å². The van der Waals surface area contributed by atoms with Gasteiger partial charge in [-0.2, -0.15) is 0 Å². The van der Waals surface area contributed by atoms with E-state index in [4.69, 9.17) is 14.2 Å². The van der Waals surface area contributed by atoms with Crippen LogP contribution >= 0.6 is 0 Å². The highest BCUT2D eigenvalue weighted by Crippen LogP contribution is 2.29. The molecular formula is C24H31NO5. The van der Waals surface area contributed by atoms with Crippen molar-refractivity contribution >= 4 is 17.6 Å². The molecule has 30 heavy (non-hydrogen) atoms. The first-order valence-electron chi connectivity index (χ1n) is 10.5. The molecule has 0 saturated heterocycles. The Hall–Kier alpha value is -3.02. The van der Waals surface area contributed by atoms with E-state index in [9.17, 15) is 9.59 Å². The average molecular weight is 414 g/mol. The number of hydrogen-bond donors (Lipinski definition) is 1. The molecule has 2 aromatic carbocycles. The largest absolute Gasteiger partial charge is 0.490 e. The van der Waals surface area contributed by atoms with E-state index in [1.165, 1.54) is 0 Å². The van der Waals surface area contributed by atoms with Gasteiger partial charge in [0.05, 0.1) is 25.4 Å². The molecule has 0 saturated carbocycles. The van der Waals surface area contributed by atoms with Gasteiger partial charge in [-0.3, -0.25) is 4.79 Å². The first kappa shape index (κ1) is 23.3. The summed E-state index contributed by atoms with van der Waals surface area (Å²) < 4.78 is 16.4. The molecule has 0 atom stereocenters. The van der Waals surface area contributed by atoms with Crippen LogP contribution < -0.4 is 14.8 Å². The van der Waals surface area contributed by atoms with Crippen molar-refractivity contribution in [2.24, 2.45) is 0 Å². The minimum atomic E-state index is -0.345. The number of nitrogens with one attached hydrogen (secondary N) is 1. The Kier molecular flexibility index (Phi) is 9.71. The quantitative estimate of drug-likeness (QED) is 0.391. The third-order valence-corrected chi connectivity index (χ3v) is 4.38. The van der Waals surface area contributed by atoms with E-state index in [-0.39, 0.29) is 11.9 Å². The zero-order valence-electron chi connectivity index (χ0n) is 18.0. The van der Waals surface area contributed by atoms with E-state index in [2.05, 4.69) is 5.32 Å². The SMILES string of the molecule is CCCCOC(=O)c1ccc(NC(=O)CCc2ccc(OCC)c(OCC)c2)cc1. The molecule has 2 aromatic rings. The summed E-state index contributed by atoms with van der Waals surface area (Å²) in [5.41, 5.74) is 2.12. The van der Waals surface area contributed by atoms with Gasteiger partial charge in [0.15, 0.2) is 11.5 Å². The number of benzene rings is 2. The van der Waals surface area contributed by atoms with Gasteiger partial charge in [-0.15, -0.1) is 0 Å². The summed E-state index contributed by atoms with van der Waals surface area (Å²) >= 11 is 0. The van der Waals surface area contributed by atoms with Gasteiger partial charge in [0.25, 0.3) is 0 Å². The third-order valence-electron chi connectivity index (χ3n) is 4.38. The fourth-order valence-electron chi connectivity index (χ4n) is 2.81. The highest BCUT2D eigenvalue weighted by Gasteiger charge is 2.10. The van der Waals surface area contributed by atoms with Gasteiger partial charge in [0, 0.05) is 12.1 Å². The molecule has 0 aliphatic heterocycles. The number of aryl methyl sites for hydroxylation is 1. The van der Waals surface area contributed by atoms with Crippen LogP contribution in [0.2, 0.25) is 0 Å². The van der Waals surface area contributed by atoms with Gasteiger partial charge < -0.3 is 19.5 Å². The lowest BCUT2D eigenvalue weighted by Gasteiger charge is -2.12. The first-order chi connectivity index (χ1) is 14.6. The topological polar surface area (TPSA) is 73.9 Å². The van der Waals surface area contributed by atoms with E-state index in [1.807, 2.05) is 39.0 Å². The second-order valence-electron chi connectivity index (χ2n) is 6.76. The van der Waals surface area contributed by atoms with Gasteiger partial charge in [0.1, 0.15) is 0 Å². The number of ether oxygens (including phenoxy) is 3. The molecule has 0 aliphatic rings. The summed E-state index contributed by atoms with van der Waals surface area (Å²) in [7, 11) is 0. The number of carbonyl (C=O) groups is 2. The van der Waals surface area contributed by atoms with Crippen LogP contribution in [0.25, 0.3) is 0 Å². The summed E-state index contributed by atoms with van der Waals surface area (Å²) in [6.07, 6.45) is 2.74. The molecule has 162 valence electrons. The highest BCUT2D eigenvalue weighted by atomic mass is 16.5. The Bertz CT molecular complexity index is 817. The zero-order chi connectivity index (χ0) is 21.8. The summed E-state index contributed by atoms with van der Waals surface area (Å²) in [6.45, 7) is 7.43. The van der Waals surface area contributed by atoms with E-state index in [1.54, 1.807) is 24.3 Å². The second kappa shape index (κ2) is 12.5. The van der Waals surface area contributed by atoms with Crippen molar-refractivity contribution in [1.29, 1.82) is 0 Å². The fourth-order valence-corrected chi connectivity index (χ4v) is 2.81. The zero-order valence-corrected chi connectivity index (χ0v) is 18.0. The van der Waals surface area contributed by atoms with Gasteiger partial charge in [-0.1, -0.05) is 19.4 Å². The molecule has 0 radical (unpaired) electrons. The Balaban J connectivity index is 1.87. The third kappa shape index (κ3) is 7.43. The van der Waals surface area contributed by atoms with Crippen LogP contribution in [-0.4, -0.2) is 31.7 Å². The van der Waals surface area contributed by atoms with Crippen LogP contribution in [0.3, 0.4) is 0 Å². The van der Waals surface area contributed by atoms with Crippen molar-refractivity contribution in [3.8, 4) is 11.5 Å². The Morgan fingerprint density at radius 1 is 0.900 bits per heavy atom. The number of unbranched alkanes of at least 4 members (excludes halogenated alkanes) is 1.